The molecule has 0 spiro atoms. The molecular formula is C22H30O2. The number of aryl methyl sites for hydroxylation is 2. The third-order valence-corrected chi connectivity index (χ3v) is 4.44. The van der Waals surface area contributed by atoms with Crippen molar-refractivity contribution in [2.75, 3.05) is 0 Å². The maximum atomic E-state index is 10.3. The quantitative estimate of drug-likeness (QED) is 0.784. The van der Waals surface area contributed by atoms with Crippen LogP contribution in [0.5, 0.6) is 11.5 Å². The first-order chi connectivity index (χ1) is 11.0. The Morgan fingerprint density at radius 3 is 1.21 bits per heavy atom. The van der Waals surface area contributed by atoms with Gasteiger partial charge in [0.05, 0.1) is 0 Å². The number of phenols is 2. The van der Waals surface area contributed by atoms with Gasteiger partial charge < -0.3 is 10.2 Å². The molecule has 0 aromatic heterocycles. The average Bonchev–Trinajstić information content (AvgIpc) is 2.42. The van der Waals surface area contributed by atoms with Gasteiger partial charge in [0.25, 0.3) is 0 Å². The van der Waals surface area contributed by atoms with E-state index >= 15 is 0 Å². The first-order valence-electron chi connectivity index (χ1n) is 8.63. The Labute approximate surface area is 146 Å². The Balaban J connectivity index is 2.12. The highest BCUT2D eigenvalue weighted by molar-refractivity contribution is 5.42. The molecule has 2 N–H and O–H groups in total. The summed E-state index contributed by atoms with van der Waals surface area (Å²) >= 11 is 0. The summed E-state index contributed by atoms with van der Waals surface area (Å²) < 4.78 is 0. The molecule has 0 radical (unpaired) electrons. The second kappa shape index (κ2) is 6.51. The van der Waals surface area contributed by atoms with E-state index in [0.29, 0.717) is 11.5 Å². The van der Waals surface area contributed by atoms with Gasteiger partial charge in [-0.05, 0) is 58.1 Å². The molecule has 0 bridgehead atoms. The van der Waals surface area contributed by atoms with Crippen molar-refractivity contribution in [2.45, 2.75) is 65.2 Å². The SMILES string of the molecule is CC(C)(C)c1ccc(CCc2ccc(C(C)(C)C)c(O)c2)cc1O. The maximum absolute atomic E-state index is 10.3. The molecule has 24 heavy (non-hydrogen) atoms. The molecular weight excluding hydrogens is 296 g/mol. The monoisotopic (exact) mass is 326 g/mol. The lowest BCUT2D eigenvalue weighted by Gasteiger charge is -2.21. The summed E-state index contributed by atoms with van der Waals surface area (Å²) in [6.07, 6.45) is 1.68. The molecule has 2 aromatic rings. The van der Waals surface area contributed by atoms with E-state index in [4.69, 9.17) is 0 Å². The van der Waals surface area contributed by atoms with Crippen LogP contribution in [0.1, 0.15) is 63.8 Å². The first-order valence-corrected chi connectivity index (χ1v) is 8.63. The number of phenolic OH excluding ortho intramolecular Hbond substituents is 2. The molecule has 0 fully saturated rings. The zero-order valence-corrected chi connectivity index (χ0v) is 15.8. The van der Waals surface area contributed by atoms with Gasteiger partial charge in [0, 0.05) is 0 Å². The van der Waals surface area contributed by atoms with Gasteiger partial charge in [-0.2, -0.15) is 0 Å². The van der Waals surface area contributed by atoms with Gasteiger partial charge in [-0.3, -0.25) is 0 Å². The molecule has 0 heterocycles. The van der Waals surface area contributed by atoms with Crippen LogP contribution in [0.15, 0.2) is 36.4 Å². The topological polar surface area (TPSA) is 40.5 Å². The Morgan fingerprint density at radius 2 is 0.958 bits per heavy atom. The molecule has 0 aliphatic rings. The van der Waals surface area contributed by atoms with Gasteiger partial charge >= 0.3 is 0 Å². The van der Waals surface area contributed by atoms with Crippen LogP contribution in [-0.2, 0) is 23.7 Å². The van der Waals surface area contributed by atoms with Gasteiger partial charge in [0.1, 0.15) is 11.5 Å². The molecule has 2 rings (SSSR count). The highest BCUT2D eigenvalue weighted by Gasteiger charge is 2.19. The summed E-state index contributed by atoms with van der Waals surface area (Å²) in [6, 6.07) is 11.9. The van der Waals surface area contributed by atoms with Gasteiger partial charge in [-0.15, -0.1) is 0 Å². The number of rotatable bonds is 3. The summed E-state index contributed by atoms with van der Waals surface area (Å²) in [4.78, 5) is 0. The predicted octanol–water partition coefficient (Wildman–Crippen LogP) is 5.48. The van der Waals surface area contributed by atoms with Crippen molar-refractivity contribution < 1.29 is 10.2 Å². The molecule has 2 nitrogen and oxygen atoms in total. The third kappa shape index (κ3) is 4.31. The van der Waals surface area contributed by atoms with Crippen LogP contribution >= 0.6 is 0 Å². The summed E-state index contributed by atoms with van der Waals surface area (Å²) in [5, 5.41) is 20.5. The lowest BCUT2D eigenvalue weighted by atomic mass is 9.85. The smallest absolute Gasteiger partial charge is 0.119 e. The summed E-state index contributed by atoms with van der Waals surface area (Å²) in [5.41, 5.74) is 4.05. The van der Waals surface area contributed by atoms with Crippen molar-refractivity contribution >= 4 is 0 Å². The van der Waals surface area contributed by atoms with E-state index in [1.54, 1.807) is 0 Å². The van der Waals surface area contributed by atoms with E-state index in [1.807, 2.05) is 24.3 Å². The van der Waals surface area contributed by atoms with E-state index in [-0.39, 0.29) is 10.8 Å². The van der Waals surface area contributed by atoms with E-state index < -0.39 is 0 Å². The molecule has 2 heteroatoms. The Morgan fingerprint density at radius 1 is 0.625 bits per heavy atom. The highest BCUT2D eigenvalue weighted by atomic mass is 16.3. The fourth-order valence-electron chi connectivity index (χ4n) is 3.02. The fraction of sp³-hybridized carbons (Fsp3) is 0.455. The molecule has 0 aliphatic heterocycles. The van der Waals surface area contributed by atoms with E-state index in [0.717, 1.165) is 35.1 Å². The second-order valence-electron chi connectivity index (χ2n) is 8.70. The van der Waals surface area contributed by atoms with Crippen LogP contribution in [0, 0.1) is 0 Å². The summed E-state index contributed by atoms with van der Waals surface area (Å²) in [5.74, 6) is 0.733. The van der Waals surface area contributed by atoms with E-state index in [9.17, 15) is 10.2 Å². The van der Waals surface area contributed by atoms with Crippen molar-refractivity contribution in [1.29, 1.82) is 0 Å². The van der Waals surface area contributed by atoms with Crippen molar-refractivity contribution in [2.24, 2.45) is 0 Å². The van der Waals surface area contributed by atoms with Crippen LogP contribution in [0.4, 0.5) is 0 Å². The standard InChI is InChI=1S/C22H30O2/c1-21(2,3)17-11-9-15(13-19(17)23)7-8-16-10-12-18(20(24)14-16)22(4,5)6/h9-14,23-24H,7-8H2,1-6H3. The third-order valence-electron chi connectivity index (χ3n) is 4.44. The van der Waals surface area contributed by atoms with Gasteiger partial charge in [-0.25, -0.2) is 0 Å². The van der Waals surface area contributed by atoms with E-state index in [2.05, 4.69) is 53.7 Å². The average molecular weight is 326 g/mol. The number of benzene rings is 2. The fourth-order valence-corrected chi connectivity index (χ4v) is 3.02. The Bertz CT molecular complexity index is 652. The molecule has 0 atom stereocenters. The number of hydrogen-bond donors (Lipinski definition) is 2. The second-order valence-corrected chi connectivity index (χ2v) is 8.70. The van der Waals surface area contributed by atoms with Crippen LogP contribution in [0.3, 0.4) is 0 Å². The van der Waals surface area contributed by atoms with Crippen LogP contribution in [-0.4, -0.2) is 10.2 Å². The molecule has 0 saturated carbocycles. The summed E-state index contributed by atoms with van der Waals surface area (Å²) in [6.45, 7) is 12.6. The minimum absolute atomic E-state index is 0.0583. The minimum atomic E-state index is -0.0583. The normalized spacial score (nSPS) is 12.4. The lowest BCUT2D eigenvalue weighted by Crippen LogP contribution is -2.11. The number of aromatic hydroxyl groups is 2. The van der Waals surface area contributed by atoms with Crippen molar-refractivity contribution in [3.63, 3.8) is 0 Å². The molecule has 0 saturated heterocycles. The summed E-state index contributed by atoms with van der Waals surface area (Å²) in [7, 11) is 0. The first kappa shape index (κ1) is 18.4. The molecule has 2 aromatic carbocycles. The molecule has 0 unspecified atom stereocenters. The Hall–Kier alpha value is -1.96. The molecule has 0 aliphatic carbocycles. The zero-order chi connectivity index (χ0) is 18.1. The van der Waals surface area contributed by atoms with Gasteiger partial charge in [-0.1, -0.05) is 65.8 Å². The van der Waals surface area contributed by atoms with Crippen molar-refractivity contribution in [1.82, 2.24) is 0 Å². The minimum Gasteiger partial charge on any atom is -0.508 e. The largest absolute Gasteiger partial charge is 0.508 e. The van der Waals surface area contributed by atoms with Crippen LogP contribution in [0.25, 0.3) is 0 Å². The molecule has 130 valence electrons. The highest BCUT2D eigenvalue weighted by Crippen LogP contribution is 2.33. The van der Waals surface area contributed by atoms with Gasteiger partial charge in [0.15, 0.2) is 0 Å². The number of hydrogen-bond acceptors (Lipinski definition) is 2. The van der Waals surface area contributed by atoms with Crippen LogP contribution in [0.2, 0.25) is 0 Å². The van der Waals surface area contributed by atoms with E-state index in [1.165, 1.54) is 0 Å². The van der Waals surface area contributed by atoms with Crippen LogP contribution < -0.4 is 0 Å². The van der Waals surface area contributed by atoms with Gasteiger partial charge in [0.2, 0.25) is 0 Å². The maximum Gasteiger partial charge on any atom is 0.119 e. The lowest BCUT2D eigenvalue weighted by molar-refractivity contribution is 0.444. The zero-order valence-electron chi connectivity index (χ0n) is 15.8. The van der Waals surface area contributed by atoms with Crippen molar-refractivity contribution in [3.8, 4) is 11.5 Å². The Kier molecular flexibility index (Phi) is 4.98. The molecule has 0 amide bonds. The van der Waals surface area contributed by atoms with Crippen molar-refractivity contribution in [3.05, 3.63) is 58.7 Å². The predicted molar refractivity (Wildman–Crippen MR) is 101 cm³/mol.